The third-order valence-corrected chi connectivity index (χ3v) is 2.38. The van der Waals surface area contributed by atoms with Crippen LogP contribution in [0.5, 0.6) is 5.75 Å². The van der Waals surface area contributed by atoms with E-state index in [-0.39, 0.29) is 12.2 Å². The van der Waals surface area contributed by atoms with Gasteiger partial charge in [0.1, 0.15) is 5.75 Å². The van der Waals surface area contributed by atoms with Crippen molar-refractivity contribution in [2.75, 3.05) is 13.2 Å². The monoisotopic (exact) mass is 274 g/mol. The largest absolute Gasteiger partial charge is 0.494 e. The molecule has 106 valence electrons. The van der Waals surface area contributed by atoms with Gasteiger partial charge in [0.05, 0.1) is 13.2 Å². The van der Waals surface area contributed by atoms with Crippen LogP contribution in [-0.4, -0.2) is 30.2 Å². The van der Waals surface area contributed by atoms with Gasteiger partial charge in [0.2, 0.25) is 0 Å². The van der Waals surface area contributed by atoms with Crippen LogP contribution in [0.2, 0.25) is 0 Å². The second kappa shape index (κ2) is 6.47. The average Bonchev–Trinajstić information content (AvgIpc) is 2.38. The topological polar surface area (TPSA) is 55.8 Å². The Morgan fingerprint density at radius 3 is 2.63 bits per heavy atom. The minimum Gasteiger partial charge on any atom is -0.494 e. The summed E-state index contributed by atoms with van der Waals surface area (Å²) in [6, 6.07) is 5.59. The third kappa shape index (κ3) is 3.64. The van der Waals surface area contributed by atoms with Crippen molar-refractivity contribution < 1.29 is 28.2 Å². The predicted octanol–water partition coefficient (Wildman–Crippen LogP) is 2.32. The molecule has 1 atom stereocenters. The van der Waals surface area contributed by atoms with Crippen LogP contribution in [0.15, 0.2) is 24.3 Å². The van der Waals surface area contributed by atoms with Gasteiger partial charge in [-0.25, -0.2) is 4.79 Å². The number of hydrogen-bond donors (Lipinski definition) is 1. The summed E-state index contributed by atoms with van der Waals surface area (Å²) in [5, 5.41) is 9.63. The Morgan fingerprint density at radius 2 is 2.05 bits per heavy atom. The number of carbonyl (C=O) groups is 1. The highest BCUT2D eigenvalue weighted by Gasteiger charge is 2.49. The summed E-state index contributed by atoms with van der Waals surface area (Å²) < 4.78 is 36.7. The molecule has 0 spiro atoms. The van der Waals surface area contributed by atoms with Gasteiger partial charge >= 0.3 is 11.9 Å². The van der Waals surface area contributed by atoms with Gasteiger partial charge in [0, 0.05) is 0 Å². The lowest BCUT2D eigenvalue weighted by atomic mass is 10.0. The second-order valence-electron chi connectivity index (χ2n) is 3.75. The van der Waals surface area contributed by atoms with Gasteiger partial charge in [0.15, 0.2) is 6.10 Å². The Morgan fingerprint density at radius 1 is 1.37 bits per heavy atom. The normalized spacial score (nSPS) is 12.9. The first kappa shape index (κ1) is 15.4. The quantitative estimate of drug-likeness (QED) is 0.809. The zero-order chi connectivity index (χ0) is 14.5. The molecule has 0 radical (unpaired) electrons. The van der Waals surface area contributed by atoms with Crippen molar-refractivity contribution in [3.63, 3.8) is 0 Å². The molecule has 1 aromatic carbocycles. The Labute approximate surface area is 109 Å². The van der Waals surface area contributed by atoms with E-state index in [0.717, 1.165) is 0 Å². The molecule has 1 rings (SSSR count). The molecule has 6 heteroatoms. The molecule has 1 unspecified atom stereocenters. The average molecular weight is 274 g/mol. The summed E-state index contributed by atoms with van der Waals surface area (Å²) in [6.07, 6.45) is -2.27. The van der Waals surface area contributed by atoms with E-state index in [1.54, 1.807) is 13.0 Å². The zero-order valence-electron chi connectivity index (χ0n) is 10.7. The predicted molar refractivity (Wildman–Crippen MR) is 64.2 cm³/mol. The number of benzene rings is 1. The van der Waals surface area contributed by atoms with Gasteiger partial charge in [-0.05, 0) is 31.5 Å². The number of aliphatic hydroxyl groups excluding tert-OH is 1. The van der Waals surface area contributed by atoms with Crippen molar-refractivity contribution in [3.05, 3.63) is 29.8 Å². The lowest BCUT2D eigenvalue weighted by Crippen LogP contribution is -2.37. The van der Waals surface area contributed by atoms with Crippen molar-refractivity contribution in [1.82, 2.24) is 0 Å². The highest BCUT2D eigenvalue weighted by molar-refractivity contribution is 5.78. The number of esters is 1. The number of carbonyl (C=O) groups excluding carboxylic acids is 1. The number of aliphatic hydroxyl groups is 1. The molecule has 0 aliphatic heterocycles. The molecule has 0 fully saturated rings. The molecular weight excluding hydrogens is 258 g/mol. The van der Waals surface area contributed by atoms with Crippen LogP contribution in [-0.2, 0) is 9.53 Å². The SMILES string of the molecule is CCOC(=O)C(F)(F)C(O)c1cccc(OCC)c1. The van der Waals surface area contributed by atoms with Gasteiger partial charge in [0.25, 0.3) is 0 Å². The molecule has 0 aromatic heterocycles. The summed E-state index contributed by atoms with van der Waals surface area (Å²) in [7, 11) is 0. The number of halogens is 2. The van der Waals surface area contributed by atoms with E-state index in [4.69, 9.17) is 4.74 Å². The van der Waals surface area contributed by atoms with E-state index in [9.17, 15) is 18.7 Å². The third-order valence-electron chi connectivity index (χ3n) is 2.38. The van der Waals surface area contributed by atoms with Gasteiger partial charge in [-0.3, -0.25) is 0 Å². The van der Waals surface area contributed by atoms with E-state index >= 15 is 0 Å². The molecule has 0 aliphatic rings. The lowest BCUT2D eigenvalue weighted by Gasteiger charge is -2.21. The molecule has 19 heavy (non-hydrogen) atoms. The Kier molecular flexibility index (Phi) is 5.23. The highest BCUT2D eigenvalue weighted by atomic mass is 19.3. The first-order valence-electron chi connectivity index (χ1n) is 5.89. The van der Waals surface area contributed by atoms with Crippen LogP contribution in [0.3, 0.4) is 0 Å². The number of hydrogen-bond acceptors (Lipinski definition) is 4. The van der Waals surface area contributed by atoms with Crippen molar-refractivity contribution in [2.45, 2.75) is 25.9 Å². The van der Waals surface area contributed by atoms with Crippen molar-refractivity contribution in [3.8, 4) is 5.75 Å². The van der Waals surface area contributed by atoms with Gasteiger partial charge in [-0.2, -0.15) is 8.78 Å². The molecular formula is C13H16F2O4. The fraction of sp³-hybridized carbons (Fsp3) is 0.462. The number of alkyl halides is 2. The molecule has 0 aliphatic carbocycles. The molecule has 0 heterocycles. The summed E-state index contributed by atoms with van der Waals surface area (Å²) in [5.74, 6) is -5.40. The second-order valence-corrected chi connectivity index (χ2v) is 3.75. The molecule has 1 aromatic rings. The van der Waals surface area contributed by atoms with E-state index in [0.29, 0.717) is 12.4 Å². The maximum Gasteiger partial charge on any atom is 0.380 e. The van der Waals surface area contributed by atoms with Crippen LogP contribution in [0.25, 0.3) is 0 Å². The van der Waals surface area contributed by atoms with Crippen molar-refractivity contribution in [1.29, 1.82) is 0 Å². The first-order valence-corrected chi connectivity index (χ1v) is 5.89. The number of rotatable bonds is 6. The van der Waals surface area contributed by atoms with Crippen LogP contribution in [0, 0.1) is 0 Å². The van der Waals surface area contributed by atoms with Gasteiger partial charge in [-0.15, -0.1) is 0 Å². The van der Waals surface area contributed by atoms with Crippen molar-refractivity contribution in [2.24, 2.45) is 0 Å². The minimum atomic E-state index is -4.00. The summed E-state index contributed by atoms with van der Waals surface area (Å²) in [5.41, 5.74) is -0.107. The van der Waals surface area contributed by atoms with E-state index in [1.165, 1.54) is 25.1 Å². The van der Waals surface area contributed by atoms with Gasteiger partial charge in [-0.1, -0.05) is 12.1 Å². The van der Waals surface area contributed by atoms with E-state index in [2.05, 4.69) is 4.74 Å². The molecule has 0 amide bonds. The van der Waals surface area contributed by atoms with E-state index in [1.807, 2.05) is 0 Å². The Bertz CT molecular complexity index is 434. The van der Waals surface area contributed by atoms with Crippen LogP contribution in [0.4, 0.5) is 8.78 Å². The Hall–Kier alpha value is -1.69. The lowest BCUT2D eigenvalue weighted by molar-refractivity contribution is -0.189. The summed E-state index contributed by atoms with van der Waals surface area (Å²) in [6.45, 7) is 3.35. The van der Waals surface area contributed by atoms with Crippen LogP contribution < -0.4 is 4.74 Å². The highest BCUT2D eigenvalue weighted by Crippen LogP contribution is 2.33. The van der Waals surface area contributed by atoms with E-state index < -0.39 is 18.0 Å². The molecule has 0 saturated carbocycles. The van der Waals surface area contributed by atoms with Crippen LogP contribution in [0.1, 0.15) is 25.5 Å². The van der Waals surface area contributed by atoms with Crippen LogP contribution >= 0.6 is 0 Å². The molecule has 4 nitrogen and oxygen atoms in total. The Balaban J connectivity index is 2.95. The molecule has 0 saturated heterocycles. The minimum absolute atomic E-state index is 0.107. The smallest absolute Gasteiger partial charge is 0.380 e. The number of ether oxygens (including phenoxy) is 2. The molecule has 1 N–H and O–H groups in total. The fourth-order valence-electron chi connectivity index (χ4n) is 1.49. The summed E-state index contributed by atoms with van der Waals surface area (Å²) >= 11 is 0. The maximum absolute atomic E-state index is 13.6. The molecule has 0 bridgehead atoms. The summed E-state index contributed by atoms with van der Waals surface area (Å²) in [4.78, 5) is 11.1. The maximum atomic E-state index is 13.6. The zero-order valence-corrected chi connectivity index (χ0v) is 10.7. The first-order chi connectivity index (χ1) is 8.93. The fourth-order valence-corrected chi connectivity index (χ4v) is 1.49. The van der Waals surface area contributed by atoms with Gasteiger partial charge < -0.3 is 14.6 Å². The standard InChI is InChI=1S/C13H16F2O4/c1-3-18-10-7-5-6-9(8-10)11(16)13(14,15)12(17)19-4-2/h5-8,11,16H,3-4H2,1-2H3. The van der Waals surface area contributed by atoms with Crippen molar-refractivity contribution >= 4 is 5.97 Å².